The van der Waals surface area contributed by atoms with E-state index in [4.69, 9.17) is 9.47 Å². The third-order valence-corrected chi connectivity index (χ3v) is 10.2. The fourth-order valence-electron chi connectivity index (χ4n) is 7.15. The molecule has 2 aromatic carbocycles. The van der Waals surface area contributed by atoms with E-state index in [1.165, 1.54) is 4.90 Å². The van der Waals surface area contributed by atoms with E-state index in [-0.39, 0.29) is 35.8 Å². The topological polar surface area (TPSA) is 148 Å². The first-order valence-electron chi connectivity index (χ1n) is 15.1. The standard InChI is InChI=1S/C31H37BrN6O6/c1-4-17(3)23(15-39)38-27(29(41)33-16-37-22-9-7-6-8-21(22)35-36-37)31-14-20(32)26(44-31)24(25(31)30(38)42)28(40)34-18-10-12-19(13-11-18)43-5-2/h6-13,17,20,23-27,39H,4-5,14-16H2,1-3H3,(H,33,41)(H,34,40)/t17-,20?,23-,24-,25-,26-,27?,31?/m0/s1. The van der Waals surface area contributed by atoms with E-state index in [9.17, 15) is 19.5 Å². The summed E-state index contributed by atoms with van der Waals surface area (Å²) >= 11 is 3.70. The van der Waals surface area contributed by atoms with Crippen molar-refractivity contribution in [3.63, 3.8) is 0 Å². The zero-order valence-corrected chi connectivity index (χ0v) is 26.4. The molecule has 3 unspecified atom stereocenters. The Balaban J connectivity index is 1.32. The van der Waals surface area contributed by atoms with Crippen molar-refractivity contribution in [3.8, 4) is 5.75 Å². The van der Waals surface area contributed by atoms with Crippen molar-refractivity contribution < 1.29 is 29.0 Å². The Hall–Kier alpha value is -3.55. The van der Waals surface area contributed by atoms with E-state index in [0.717, 1.165) is 5.52 Å². The number of nitrogens with one attached hydrogen (secondary N) is 2. The monoisotopic (exact) mass is 668 g/mol. The summed E-state index contributed by atoms with van der Waals surface area (Å²) in [5, 5.41) is 24.8. The number of aliphatic hydroxyl groups is 1. The molecule has 3 saturated heterocycles. The maximum atomic E-state index is 14.4. The molecule has 3 fully saturated rings. The molecular weight excluding hydrogens is 632 g/mol. The normalized spacial score (nSPS) is 28.6. The molecule has 234 valence electrons. The Labute approximate surface area is 263 Å². The van der Waals surface area contributed by atoms with E-state index >= 15 is 0 Å². The summed E-state index contributed by atoms with van der Waals surface area (Å²) in [4.78, 5) is 43.7. The number of alkyl halides is 1. The molecule has 44 heavy (non-hydrogen) atoms. The fourth-order valence-corrected chi connectivity index (χ4v) is 8.09. The van der Waals surface area contributed by atoms with Gasteiger partial charge in [-0.25, -0.2) is 4.68 Å². The van der Waals surface area contributed by atoms with E-state index in [1.807, 2.05) is 45.0 Å². The van der Waals surface area contributed by atoms with Gasteiger partial charge in [0.15, 0.2) is 0 Å². The molecule has 3 N–H and O–H groups in total. The van der Waals surface area contributed by atoms with Gasteiger partial charge < -0.3 is 30.1 Å². The molecule has 1 aromatic heterocycles. The van der Waals surface area contributed by atoms with Crippen LogP contribution < -0.4 is 15.4 Å². The number of rotatable bonds is 11. The number of aromatic nitrogens is 3. The Bertz CT molecular complexity index is 1550. The average molecular weight is 670 g/mol. The van der Waals surface area contributed by atoms with Crippen LogP contribution in [0.3, 0.4) is 0 Å². The zero-order valence-electron chi connectivity index (χ0n) is 24.9. The van der Waals surface area contributed by atoms with Gasteiger partial charge in [0.25, 0.3) is 0 Å². The highest BCUT2D eigenvalue weighted by Gasteiger charge is 2.77. The summed E-state index contributed by atoms with van der Waals surface area (Å²) in [5.74, 6) is -2.32. The van der Waals surface area contributed by atoms with Gasteiger partial charge in [0.2, 0.25) is 17.7 Å². The summed E-state index contributed by atoms with van der Waals surface area (Å²) in [5.41, 5.74) is 0.745. The van der Waals surface area contributed by atoms with E-state index in [1.54, 1.807) is 28.9 Å². The van der Waals surface area contributed by atoms with Crippen LogP contribution in [0.1, 0.15) is 33.6 Å². The summed E-state index contributed by atoms with van der Waals surface area (Å²) in [7, 11) is 0. The molecule has 0 radical (unpaired) electrons. The maximum Gasteiger partial charge on any atom is 0.247 e. The van der Waals surface area contributed by atoms with Crippen LogP contribution in [0.15, 0.2) is 48.5 Å². The van der Waals surface area contributed by atoms with Crippen molar-refractivity contribution in [1.29, 1.82) is 0 Å². The van der Waals surface area contributed by atoms with Crippen LogP contribution in [0.5, 0.6) is 5.75 Å². The second-order valence-corrected chi connectivity index (χ2v) is 12.9. The number of halogens is 1. The van der Waals surface area contributed by atoms with Crippen molar-refractivity contribution in [1.82, 2.24) is 25.2 Å². The van der Waals surface area contributed by atoms with Crippen molar-refractivity contribution in [2.45, 2.75) is 68.9 Å². The predicted octanol–water partition coefficient (Wildman–Crippen LogP) is 2.70. The van der Waals surface area contributed by atoms with Gasteiger partial charge in [0.05, 0.1) is 42.7 Å². The number of hydrogen-bond acceptors (Lipinski definition) is 8. The SMILES string of the molecule is CCOc1ccc(NC(=O)[C@H]2[C@H]3C(=O)N([C@@H](CO)[C@@H](C)CC)C(C(=O)NCn4nnc5ccccc54)C34CC(Br)[C@@H]2O4)cc1. The molecule has 3 aromatic rings. The highest BCUT2D eigenvalue weighted by atomic mass is 79.9. The third kappa shape index (κ3) is 4.94. The van der Waals surface area contributed by atoms with E-state index < -0.39 is 41.5 Å². The number of benzene rings is 2. The third-order valence-electron chi connectivity index (χ3n) is 9.38. The molecular formula is C31H37BrN6O6. The van der Waals surface area contributed by atoms with Gasteiger partial charge in [-0.3, -0.25) is 14.4 Å². The largest absolute Gasteiger partial charge is 0.494 e. The van der Waals surface area contributed by atoms with Crippen LogP contribution in [0.25, 0.3) is 11.0 Å². The lowest BCUT2D eigenvalue weighted by Gasteiger charge is -2.38. The quantitative estimate of drug-likeness (QED) is 0.264. The van der Waals surface area contributed by atoms with Gasteiger partial charge in [-0.1, -0.05) is 53.5 Å². The molecule has 8 atom stereocenters. The number of aliphatic hydroxyl groups excluding tert-OH is 1. The smallest absolute Gasteiger partial charge is 0.247 e. The Morgan fingerprint density at radius 3 is 2.64 bits per heavy atom. The highest BCUT2D eigenvalue weighted by Crippen LogP contribution is 2.60. The van der Waals surface area contributed by atoms with Crippen LogP contribution in [0.2, 0.25) is 0 Å². The molecule has 3 amide bonds. The number of ether oxygens (including phenoxy) is 2. The summed E-state index contributed by atoms with van der Waals surface area (Å²) in [6.45, 7) is 6.03. The van der Waals surface area contributed by atoms with Gasteiger partial charge >= 0.3 is 0 Å². The number of likely N-dealkylation sites (tertiary alicyclic amines) is 1. The molecule has 4 heterocycles. The molecule has 6 rings (SSSR count). The summed E-state index contributed by atoms with van der Waals surface area (Å²) in [6, 6.07) is 12.7. The lowest BCUT2D eigenvalue weighted by molar-refractivity contribution is -0.146. The number of anilines is 1. The molecule has 2 bridgehead atoms. The first-order chi connectivity index (χ1) is 21.2. The number of para-hydroxylation sites is 1. The highest BCUT2D eigenvalue weighted by molar-refractivity contribution is 9.09. The predicted molar refractivity (Wildman–Crippen MR) is 165 cm³/mol. The van der Waals surface area contributed by atoms with Gasteiger partial charge in [-0.2, -0.15) is 0 Å². The first kappa shape index (κ1) is 30.5. The molecule has 3 aliphatic rings. The molecule has 12 nitrogen and oxygen atoms in total. The first-order valence-corrected chi connectivity index (χ1v) is 16.0. The lowest BCUT2D eigenvalue weighted by atomic mass is 9.70. The van der Waals surface area contributed by atoms with Crippen LogP contribution in [-0.4, -0.2) is 84.6 Å². The molecule has 1 spiro atoms. The second-order valence-electron chi connectivity index (χ2n) is 11.8. The number of fused-ring (bicyclic) bond motifs is 2. The molecule has 0 aliphatic carbocycles. The fraction of sp³-hybridized carbons (Fsp3) is 0.516. The Morgan fingerprint density at radius 1 is 1.18 bits per heavy atom. The van der Waals surface area contributed by atoms with Crippen molar-refractivity contribution >= 4 is 50.4 Å². The number of nitrogens with zero attached hydrogens (tertiary/aromatic N) is 4. The van der Waals surface area contributed by atoms with Gasteiger partial charge in [-0.15, -0.1) is 5.10 Å². The van der Waals surface area contributed by atoms with Gasteiger partial charge in [-0.05, 0) is 55.7 Å². The minimum absolute atomic E-state index is 0.0224. The average Bonchev–Trinajstić information content (AvgIpc) is 3.74. The van der Waals surface area contributed by atoms with Crippen molar-refractivity contribution in [3.05, 3.63) is 48.5 Å². The minimum atomic E-state index is -1.26. The number of carbonyl (C=O) groups excluding carboxylic acids is 3. The summed E-state index contributed by atoms with van der Waals surface area (Å²) < 4.78 is 13.7. The zero-order chi connectivity index (χ0) is 31.2. The minimum Gasteiger partial charge on any atom is -0.494 e. The van der Waals surface area contributed by atoms with Crippen LogP contribution in [0, 0.1) is 17.8 Å². The van der Waals surface area contributed by atoms with Crippen LogP contribution >= 0.6 is 15.9 Å². The Morgan fingerprint density at radius 2 is 1.93 bits per heavy atom. The lowest BCUT2D eigenvalue weighted by Crippen LogP contribution is -2.59. The van der Waals surface area contributed by atoms with E-state index in [0.29, 0.717) is 36.4 Å². The van der Waals surface area contributed by atoms with Gasteiger partial charge in [0, 0.05) is 10.5 Å². The van der Waals surface area contributed by atoms with Crippen molar-refractivity contribution in [2.24, 2.45) is 17.8 Å². The summed E-state index contributed by atoms with van der Waals surface area (Å²) in [6.07, 6.45) is 0.429. The van der Waals surface area contributed by atoms with Gasteiger partial charge in [0.1, 0.15) is 29.6 Å². The van der Waals surface area contributed by atoms with Crippen LogP contribution in [0.4, 0.5) is 5.69 Å². The molecule has 3 aliphatic heterocycles. The number of carbonyl (C=O) groups is 3. The Kier molecular flexibility index (Phi) is 8.38. The van der Waals surface area contributed by atoms with E-state index in [2.05, 4.69) is 36.9 Å². The number of amides is 3. The van der Waals surface area contributed by atoms with Crippen LogP contribution in [-0.2, 0) is 25.8 Å². The second kappa shape index (κ2) is 12.1. The molecule has 13 heteroatoms. The number of hydrogen-bond donors (Lipinski definition) is 3. The van der Waals surface area contributed by atoms with Crippen molar-refractivity contribution in [2.75, 3.05) is 18.5 Å². The maximum absolute atomic E-state index is 14.4. The molecule has 0 saturated carbocycles.